The van der Waals surface area contributed by atoms with Crippen LogP contribution in [0.1, 0.15) is 17.3 Å². The SMILES string of the molecule is CNC(c1ccn(C)n1)c1ccc(Br)cc1F. The van der Waals surface area contributed by atoms with Crippen LogP contribution in [0.2, 0.25) is 0 Å². The lowest BCUT2D eigenvalue weighted by Crippen LogP contribution is -2.19. The van der Waals surface area contributed by atoms with Gasteiger partial charge in [0.25, 0.3) is 0 Å². The number of nitrogens with zero attached hydrogens (tertiary/aromatic N) is 2. The standard InChI is InChI=1S/C12H13BrFN3/c1-15-12(11-5-6-17(2)16-11)9-4-3-8(13)7-10(9)14/h3-7,12,15H,1-2H3. The minimum atomic E-state index is -0.246. The van der Waals surface area contributed by atoms with Gasteiger partial charge in [0.05, 0.1) is 11.7 Å². The molecule has 1 aromatic heterocycles. The van der Waals surface area contributed by atoms with Gasteiger partial charge in [0.2, 0.25) is 0 Å². The van der Waals surface area contributed by atoms with Crippen molar-refractivity contribution in [3.8, 4) is 0 Å². The maximum absolute atomic E-state index is 13.9. The zero-order valence-corrected chi connectivity index (χ0v) is 11.2. The van der Waals surface area contributed by atoms with E-state index in [4.69, 9.17) is 0 Å². The highest BCUT2D eigenvalue weighted by Crippen LogP contribution is 2.25. The highest BCUT2D eigenvalue weighted by atomic mass is 79.9. The number of hydrogen-bond donors (Lipinski definition) is 1. The van der Waals surface area contributed by atoms with Crippen LogP contribution in [-0.4, -0.2) is 16.8 Å². The summed E-state index contributed by atoms with van der Waals surface area (Å²) in [6.45, 7) is 0. The lowest BCUT2D eigenvalue weighted by molar-refractivity contribution is 0.564. The molecule has 2 rings (SSSR count). The largest absolute Gasteiger partial charge is 0.308 e. The molecular formula is C12H13BrFN3. The lowest BCUT2D eigenvalue weighted by atomic mass is 10.0. The summed E-state index contributed by atoms with van der Waals surface area (Å²) in [7, 11) is 3.63. The molecule has 0 amide bonds. The molecule has 1 unspecified atom stereocenters. The van der Waals surface area contributed by atoms with Crippen molar-refractivity contribution in [2.45, 2.75) is 6.04 Å². The molecule has 0 aliphatic heterocycles. The molecular weight excluding hydrogens is 285 g/mol. The molecule has 1 N–H and O–H groups in total. The molecule has 1 aromatic carbocycles. The summed E-state index contributed by atoms with van der Waals surface area (Å²) in [5, 5.41) is 7.37. The third kappa shape index (κ3) is 2.56. The van der Waals surface area contributed by atoms with Crippen LogP contribution in [0.25, 0.3) is 0 Å². The highest BCUT2D eigenvalue weighted by Gasteiger charge is 2.18. The van der Waals surface area contributed by atoms with Gasteiger partial charge in [-0.2, -0.15) is 5.10 Å². The Morgan fingerprint density at radius 1 is 1.41 bits per heavy atom. The molecule has 0 saturated carbocycles. The molecule has 0 fully saturated rings. The molecule has 0 spiro atoms. The normalized spacial score (nSPS) is 12.7. The van der Waals surface area contributed by atoms with Crippen LogP contribution in [0, 0.1) is 5.82 Å². The second-order valence-corrected chi connectivity index (χ2v) is 4.72. The van der Waals surface area contributed by atoms with Crippen LogP contribution in [0.3, 0.4) is 0 Å². The molecule has 1 heterocycles. The summed E-state index contributed by atoms with van der Waals surface area (Å²) in [6.07, 6.45) is 1.84. The van der Waals surface area contributed by atoms with E-state index in [0.29, 0.717) is 5.56 Å². The Bertz CT molecular complexity index is 524. The smallest absolute Gasteiger partial charge is 0.129 e. The molecule has 0 saturated heterocycles. The Kier molecular flexibility index (Phi) is 3.59. The quantitative estimate of drug-likeness (QED) is 0.944. The zero-order chi connectivity index (χ0) is 12.4. The predicted octanol–water partition coefficient (Wildman–Crippen LogP) is 2.63. The Morgan fingerprint density at radius 3 is 2.71 bits per heavy atom. The van der Waals surface area contributed by atoms with Crippen LogP contribution in [0.5, 0.6) is 0 Å². The molecule has 5 heteroatoms. The van der Waals surface area contributed by atoms with Crippen molar-refractivity contribution in [2.75, 3.05) is 7.05 Å². The van der Waals surface area contributed by atoms with Crippen LogP contribution >= 0.6 is 15.9 Å². The summed E-state index contributed by atoms with van der Waals surface area (Å²) < 4.78 is 16.3. The van der Waals surface area contributed by atoms with Crippen molar-refractivity contribution < 1.29 is 4.39 Å². The number of rotatable bonds is 3. The molecule has 0 aliphatic rings. The van der Waals surface area contributed by atoms with Crippen molar-refractivity contribution in [1.29, 1.82) is 0 Å². The molecule has 3 nitrogen and oxygen atoms in total. The Hall–Kier alpha value is -1.20. The van der Waals surface area contributed by atoms with Gasteiger partial charge in [-0.05, 0) is 25.2 Å². The molecule has 0 radical (unpaired) electrons. The fraction of sp³-hybridized carbons (Fsp3) is 0.250. The number of aryl methyl sites for hydroxylation is 1. The van der Waals surface area contributed by atoms with Crippen molar-refractivity contribution in [1.82, 2.24) is 15.1 Å². The Morgan fingerprint density at radius 2 is 2.18 bits per heavy atom. The van der Waals surface area contributed by atoms with E-state index in [2.05, 4.69) is 26.3 Å². The number of halogens is 2. The van der Waals surface area contributed by atoms with E-state index < -0.39 is 0 Å². The average Bonchev–Trinajstić information content (AvgIpc) is 2.69. The minimum Gasteiger partial charge on any atom is -0.308 e. The summed E-state index contributed by atoms with van der Waals surface area (Å²) in [5.74, 6) is -0.246. The first-order valence-electron chi connectivity index (χ1n) is 5.23. The number of aromatic nitrogens is 2. The lowest BCUT2D eigenvalue weighted by Gasteiger charge is -2.15. The van der Waals surface area contributed by atoms with Crippen LogP contribution in [0.4, 0.5) is 4.39 Å². The second-order valence-electron chi connectivity index (χ2n) is 3.80. The topological polar surface area (TPSA) is 29.9 Å². The third-order valence-corrected chi connectivity index (χ3v) is 3.09. The number of nitrogens with one attached hydrogen (secondary N) is 1. The molecule has 2 aromatic rings. The van der Waals surface area contributed by atoms with Crippen LogP contribution in [-0.2, 0) is 7.05 Å². The van der Waals surface area contributed by atoms with Gasteiger partial charge in [-0.15, -0.1) is 0 Å². The van der Waals surface area contributed by atoms with Gasteiger partial charge in [0.15, 0.2) is 0 Å². The molecule has 90 valence electrons. The zero-order valence-electron chi connectivity index (χ0n) is 9.61. The van der Waals surface area contributed by atoms with E-state index in [9.17, 15) is 4.39 Å². The van der Waals surface area contributed by atoms with E-state index in [0.717, 1.165) is 10.2 Å². The van der Waals surface area contributed by atoms with Gasteiger partial charge in [-0.3, -0.25) is 4.68 Å². The van der Waals surface area contributed by atoms with Gasteiger partial charge in [-0.1, -0.05) is 22.0 Å². The van der Waals surface area contributed by atoms with E-state index in [-0.39, 0.29) is 11.9 Å². The van der Waals surface area contributed by atoms with Crippen molar-refractivity contribution >= 4 is 15.9 Å². The van der Waals surface area contributed by atoms with Crippen LogP contribution in [0.15, 0.2) is 34.9 Å². The highest BCUT2D eigenvalue weighted by molar-refractivity contribution is 9.10. The van der Waals surface area contributed by atoms with Crippen molar-refractivity contribution in [3.05, 3.63) is 52.0 Å². The van der Waals surface area contributed by atoms with Gasteiger partial charge < -0.3 is 5.32 Å². The van der Waals surface area contributed by atoms with Crippen LogP contribution < -0.4 is 5.32 Å². The second kappa shape index (κ2) is 4.98. The first-order chi connectivity index (χ1) is 8.11. The predicted molar refractivity (Wildman–Crippen MR) is 68.2 cm³/mol. The fourth-order valence-electron chi connectivity index (χ4n) is 1.79. The number of hydrogen-bond acceptors (Lipinski definition) is 2. The van der Waals surface area contributed by atoms with Gasteiger partial charge in [0, 0.05) is 23.3 Å². The summed E-state index contributed by atoms with van der Waals surface area (Å²) >= 11 is 3.25. The molecule has 1 atom stereocenters. The van der Waals surface area contributed by atoms with E-state index >= 15 is 0 Å². The first kappa shape index (κ1) is 12.3. The van der Waals surface area contributed by atoms with E-state index in [1.54, 1.807) is 17.8 Å². The first-order valence-corrected chi connectivity index (χ1v) is 6.03. The molecule has 0 bridgehead atoms. The molecule has 0 aliphatic carbocycles. The third-order valence-electron chi connectivity index (χ3n) is 2.59. The monoisotopic (exact) mass is 297 g/mol. The maximum Gasteiger partial charge on any atom is 0.129 e. The summed E-state index contributed by atoms with van der Waals surface area (Å²) in [5.41, 5.74) is 1.39. The average molecular weight is 298 g/mol. The number of benzene rings is 1. The van der Waals surface area contributed by atoms with E-state index in [1.165, 1.54) is 6.07 Å². The molecule has 17 heavy (non-hydrogen) atoms. The van der Waals surface area contributed by atoms with Gasteiger partial charge in [-0.25, -0.2) is 4.39 Å². The van der Waals surface area contributed by atoms with Crippen molar-refractivity contribution in [3.63, 3.8) is 0 Å². The van der Waals surface area contributed by atoms with Crippen molar-refractivity contribution in [2.24, 2.45) is 7.05 Å². The maximum atomic E-state index is 13.9. The Labute approximate surface area is 108 Å². The van der Waals surface area contributed by atoms with E-state index in [1.807, 2.05) is 25.4 Å². The summed E-state index contributed by atoms with van der Waals surface area (Å²) in [6, 6.07) is 6.69. The minimum absolute atomic E-state index is 0.232. The van der Waals surface area contributed by atoms with Gasteiger partial charge in [0.1, 0.15) is 5.82 Å². The Balaban J connectivity index is 2.42. The summed E-state index contributed by atoms with van der Waals surface area (Å²) in [4.78, 5) is 0. The fourth-order valence-corrected chi connectivity index (χ4v) is 2.12. The van der Waals surface area contributed by atoms with Gasteiger partial charge >= 0.3 is 0 Å².